The number of phosphoric ester groups is 1. The lowest BCUT2D eigenvalue weighted by molar-refractivity contribution is -0.160. The summed E-state index contributed by atoms with van der Waals surface area (Å²) >= 11 is 0. The minimum atomic E-state index is -4.77. The third-order valence-electron chi connectivity index (χ3n) is 12.0. The molecule has 0 aromatic rings. The first-order valence-electron chi connectivity index (χ1n) is 28.2. The van der Waals surface area contributed by atoms with Crippen molar-refractivity contribution in [2.24, 2.45) is 0 Å². The largest absolute Gasteiger partial charge is 0.472 e. The molecule has 12 heteroatoms. The van der Waals surface area contributed by atoms with E-state index in [4.69, 9.17) is 23.3 Å². The van der Waals surface area contributed by atoms with Crippen molar-refractivity contribution in [2.45, 2.75) is 264 Å². The third-order valence-corrected chi connectivity index (χ3v) is 12.9. The number of carbonyl (C=O) groups excluding carboxylic acids is 3. The molecule has 3 unspecified atom stereocenters. The van der Waals surface area contributed by atoms with Crippen LogP contribution >= 0.6 is 7.82 Å². The molecular weight excluding hydrogens is 904 g/mol. The SMILES string of the molecule is CC/C=C\C/C=C\C/C=C\C/C=C\C/C=C\CC(=O)OC(COC(=O)CCCCCCCCCCCCCCC)COP(=O)(O)OCC(CO)OC(=O)CCCCCCCCCCCCCCCCC. The number of hydrogen-bond acceptors (Lipinski definition) is 10. The van der Waals surface area contributed by atoms with E-state index in [0.29, 0.717) is 19.3 Å². The van der Waals surface area contributed by atoms with Gasteiger partial charge in [-0.15, -0.1) is 0 Å². The maximum atomic E-state index is 12.9. The van der Waals surface area contributed by atoms with Crippen LogP contribution in [-0.4, -0.2) is 66.5 Å². The minimum Gasteiger partial charge on any atom is -0.462 e. The molecule has 0 aliphatic heterocycles. The molecule has 0 aromatic heterocycles. The van der Waals surface area contributed by atoms with Crippen LogP contribution in [0.5, 0.6) is 0 Å². The molecule has 0 spiro atoms. The Morgan fingerprint density at radius 2 is 0.743 bits per heavy atom. The van der Waals surface area contributed by atoms with E-state index in [-0.39, 0.29) is 25.9 Å². The molecule has 0 amide bonds. The zero-order valence-electron chi connectivity index (χ0n) is 44.7. The van der Waals surface area contributed by atoms with Crippen molar-refractivity contribution in [1.82, 2.24) is 0 Å². The fourth-order valence-corrected chi connectivity index (χ4v) is 8.51. The number of aliphatic hydroxyl groups excluding tert-OH is 1. The molecule has 2 N–H and O–H groups in total. The topological polar surface area (TPSA) is 155 Å². The Morgan fingerprint density at radius 1 is 0.414 bits per heavy atom. The first-order chi connectivity index (χ1) is 34.2. The molecule has 3 atom stereocenters. The summed E-state index contributed by atoms with van der Waals surface area (Å²) in [6.07, 6.45) is 56.4. The Bertz CT molecular complexity index is 1410. The molecule has 0 rings (SSSR count). The molecule has 0 saturated carbocycles. The standard InChI is InChI=1S/C58H103O11P/c1-4-7-10-13-16-19-22-25-27-30-33-36-39-42-45-48-57(61)68-54(50-59)52-66-70(63,64)67-53-55(51-65-56(60)47-44-41-38-35-32-29-24-21-18-15-12-9-6-3)69-58(62)49-46-43-40-37-34-31-28-26-23-20-17-14-11-8-5-2/h8,11,17,20,26,28,34,37,43,46,54-55,59H,4-7,9-10,12-16,18-19,21-25,27,29-33,35-36,38-42,44-45,47-53H2,1-3H3,(H,63,64)/b11-8-,20-17-,28-26-,37-34-,46-43-. The van der Waals surface area contributed by atoms with Crippen molar-refractivity contribution in [3.63, 3.8) is 0 Å². The van der Waals surface area contributed by atoms with Crippen molar-refractivity contribution in [2.75, 3.05) is 26.4 Å². The molecule has 0 aromatic carbocycles. The smallest absolute Gasteiger partial charge is 0.462 e. The maximum absolute atomic E-state index is 12.9. The number of aliphatic hydroxyl groups is 1. The molecular formula is C58H103O11P. The molecule has 0 heterocycles. The van der Waals surface area contributed by atoms with Crippen molar-refractivity contribution < 1.29 is 52.2 Å². The average molecular weight is 1010 g/mol. The van der Waals surface area contributed by atoms with Crippen LogP contribution in [0.25, 0.3) is 0 Å². The predicted molar refractivity (Wildman–Crippen MR) is 288 cm³/mol. The van der Waals surface area contributed by atoms with Gasteiger partial charge in [0.15, 0.2) is 6.10 Å². The first-order valence-corrected chi connectivity index (χ1v) is 29.7. The summed E-state index contributed by atoms with van der Waals surface area (Å²) in [5.41, 5.74) is 0. The molecule has 70 heavy (non-hydrogen) atoms. The zero-order chi connectivity index (χ0) is 51.3. The second-order valence-electron chi connectivity index (χ2n) is 18.8. The van der Waals surface area contributed by atoms with E-state index < -0.39 is 57.8 Å². The van der Waals surface area contributed by atoms with Gasteiger partial charge < -0.3 is 24.2 Å². The Hall–Kier alpha value is -2.82. The van der Waals surface area contributed by atoms with Crippen LogP contribution in [0.1, 0.15) is 252 Å². The maximum Gasteiger partial charge on any atom is 0.472 e. The molecule has 0 aliphatic carbocycles. The average Bonchev–Trinajstić information content (AvgIpc) is 3.35. The molecule has 0 bridgehead atoms. The Kier molecular flexibility index (Phi) is 50.4. The Morgan fingerprint density at radius 3 is 1.13 bits per heavy atom. The fraction of sp³-hybridized carbons (Fsp3) is 0.776. The highest BCUT2D eigenvalue weighted by Crippen LogP contribution is 2.43. The van der Waals surface area contributed by atoms with Crippen LogP contribution in [0, 0.1) is 0 Å². The summed E-state index contributed by atoms with van der Waals surface area (Å²) in [4.78, 5) is 48.4. The second kappa shape index (κ2) is 52.5. The molecule has 406 valence electrons. The Labute approximate surface area is 427 Å². The highest BCUT2D eigenvalue weighted by molar-refractivity contribution is 7.47. The number of phosphoric acid groups is 1. The number of unbranched alkanes of at least 4 members (excludes halogenated alkanes) is 26. The van der Waals surface area contributed by atoms with Crippen LogP contribution in [0.15, 0.2) is 60.8 Å². The first kappa shape index (κ1) is 67.2. The van der Waals surface area contributed by atoms with Gasteiger partial charge in [-0.25, -0.2) is 4.57 Å². The van der Waals surface area contributed by atoms with Gasteiger partial charge in [0.1, 0.15) is 12.7 Å². The Balaban J connectivity index is 4.79. The quantitative estimate of drug-likeness (QED) is 0.0197. The summed E-state index contributed by atoms with van der Waals surface area (Å²) in [6, 6.07) is 0. The number of ether oxygens (including phenoxy) is 3. The van der Waals surface area contributed by atoms with E-state index in [1.807, 2.05) is 12.2 Å². The fourth-order valence-electron chi connectivity index (χ4n) is 7.73. The van der Waals surface area contributed by atoms with E-state index in [1.54, 1.807) is 6.08 Å². The van der Waals surface area contributed by atoms with Gasteiger partial charge in [0.2, 0.25) is 0 Å². The summed E-state index contributed by atoms with van der Waals surface area (Å²) in [7, 11) is -4.77. The number of allylic oxidation sites excluding steroid dienone is 9. The van der Waals surface area contributed by atoms with Gasteiger partial charge in [-0.05, 0) is 44.9 Å². The van der Waals surface area contributed by atoms with Gasteiger partial charge in [-0.1, -0.05) is 248 Å². The summed E-state index contributed by atoms with van der Waals surface area (Å²) < 4.78 is 39.3. The van der Waals surface area contributed by atoms with Crippen LogP contribution in [0.4, 0.5) is 0 Å². The normalized spacial score (nSPS) is 13.8. The molecule has 0 radical (unpaired) electrons. The monoisotopic (exact) mass is 1010 g/mol. The minimum absolute atomic E-state index is 0.0623. The highest BCUT2D eigenvalue weighted by atomic mass is 31.2. The van der Waals surface area contributed by atoms with E-state index >= 15 is 0 Å². The summed E-state index contributed by atoms with van der Waals surface area (Å²) in [5.74, 6) is -1.61. The lowest BCUT2D eigenvalue weighted by atomic mass is 10.0. The number of esters is 3. The number of carbonyl (C=O) groups is 3. The van der Waals surface area contributed by atoms with Crippen molar-refractivity contribution in [3.8, 4) is 0 Å². The van der Waals surface area contributed by atoms with Gasteiger partial charge in [-0.2, -0.15) is 0 Å². The van der Waals surface area contributed by atoms with E-state index in [9.17, 15) is 28.9 Å². The summed E-state index contributed by atoms with van der Waals surface area (Å²) in [6.45, 7) is 4.44. The van der Waals surface area contributed by atoms with Gasteiger partial charge in [0, 0.05) is 12.8 Å². The van der Waals surface area contributed by atoms with E-state index in [0.717, 1.165) is 64.2 Å². The van der Waals surface area contributed by atoms with Crippen molar-refractivity contribution in [3.05, 3.63) is 60.8 Å². The molecule has 0 fully saturated rings. The second-order valence-corrected chi connectivity index (χ2v) is 20.2. The van der Waals surface area contributed by atoms with Gasteiger partial charge in [0.25, 0.3) is 0 Å². The van der Waals surface area contributed by atoms with Crippen LogP contribution in [0.2, 0.25) is 0 Å². The van der Waals surface area contributed by atoms with Crippen LogP contribution in [-0.2, 0) is 42.2 Å². The number of rotatable bonds is 52. The molecule has 11 nitrogen and oxygen atoms in total. The third kappa shape index (κ3) is 50.1. The zero-order valence-corrected chi connectivity index (χ0v) is 45.6. The van der Waals surface area contributed by atoms with Crippen LogP contribution in [0.3, 0.4) is 0 Å². The molecule has 0 saturated heterocycles. The molecule has 0 aliphatic rings. The van der Waals surface area contributed by atoms with Crippen LogP contribution < -0.4 is 0 Å². The lowest BCUT2D eigenvalue weighted by Crippen LogP contribution is -2.30. The lowest BCUT2D eigenvalue weighted by Gasteiger charge is -2.21. The predicted octanol–water partition coefficient (Wildman–Crippen LogP) is 16.4. The van der Waals surface area contributed by atoms with Crippen molar-refractivity contribution in [1.29, 1.82) is 0 Å². The summed E-state index contributed by atoms with van der Waals surface area (Å²) in [5, 5.41) is 9.80. The van der Waals surface area contributed by atoms with Gasteiger partial charge in [-0.3, -0.25) is 23.4 Å². The number of hydrogen-bond donors (Lipinski definition) is 2. The van der Waals surface area contributed by atoms with E-state index in [1.165, 1.54) is 128 Å². The van der Waals surface area contributed by atoms with Crippen molar-refractivity contribution >= 4 is 25.7 Å². The highest BCUT2D eigenvalue weighted by Gasteiger charge is 2.28. The van der Waals surface area contributed by atoms with Gasteiger partial charge >= 0.3 is 25.7 Å². The van der Waals surface area contributed by atoms with Gasteiger partial charge in [0.05, 0.1) is 26.2 Å². The van der Waals surface area contributed by atoms with E-state index in [2.05, 4.69) is 63.3 Å².